The zero-order valence-corrected chi connectivity index (χ0v) is 13.0. The quantitative estimate of drug-likeness (QED) is 0.750. The van der Waals surface area contributed by atoms with Gasteiger partial charge in [-0.3, -0.25) is 0 Å². The molecule has 3 nitrogen and oxygen atoms in total. The van der Waals surface area contributed by atoms with Gasteiger partial charge in [0.05, 0.1) is 11.1 Å². The van der Waals surface area contributed by atoms with Crippen LogP contribution in [0.3, 0.4) is 0 Å². The third kappa shape index (κ3) is 2.39. The van der Waals surface area contributed by atoms with Crippen LogP contribution < -0.4 is 0 Å². The van der Waals surface area contributed by atoms with Crippen molar-refractivity contribution in [1.29, 1.82) is 0 Å². The molecule has 2 heterocycles. The summed E-state index contributed by atoms with van der Waals surface area (Å²) in [5, 5.41) is 9.58. The van der Waals surface area contributed by atoms with Gasteiger partial charge in [-0.25, -0.2) is 4.79 Å². The minimum atomic E-state index is -0.899. The van der Waals surface area contributed by atoms with Gasteiger partial charge in [0.15, 0.2) is 0 Å². The SMILES string of the molecule is CC(C)(C)c1ccc(-c2cn3ccccc3c2C(=O)O)cc1. The van der Waals surface area contributed by atoms with Gasteiger partial charge < -0.3 is 9.51 Å². The van der Waals surface area contributed by atoms with Crippen molar-refractivity contribution in [2.45, 2.75) is 26.2 Å². The second-order valence-corrected chi connectivity index (χ2v) is 6.54. The van der Waals surface area contributed by atoms with E-state index in [1.165, 1.54) is 5.56 Å². The van der Waals surface area contributed by atoms with E-state index in [0.29, 0.717) is 11.1 Å². The van der Waals surface area contributed by atoms with Gasteiger partial charge in [0.1, 0.15) is 0 Å². The summed E-state index contributed by atoms with van der Waals surface area (Å²) in [6.45, 7) is 6.49. The zero-order chi connectivity index (χ0) is 15.9. The molecule has 112 valence electrons. The highest BCUT2D eigenvalue weighted by Crippen LogP contribution is 2.31. The van der Waals surface area contributed by atoms with Crippen molar-refractivity contribution in [2.75, 3.05) is 0 Å². The number of pyridine rings is 1. The molecule has 0 aliphatic carbocycles. The Bertz CT molecular complexity index is 836. The number of nitrogens with zero attached hydrogens (tertiary/aromatic N) is 1. The van der Waals surface area contributed by atoms with Crippen molar-refractivity contribution < 1.29 is 9.90 Å². The fourth-order valence-electron chi connectivity index (χ4n) is 2.72. The van der Waals surface area contributed by atoms with Gasteiger partial charge in [0.25, 0.3) is 0 Å². The monoisotopic (exact) mass is 293 g/mol. The van der Waals surface area contributed by atoms with Crippen LogP contribution in [0, 0.1) is 0 Å². The number of hydrogen-bond donors (Lipinski definition) is 1. The molecule has 3 heteroatoms. The topological polar surface area (TPSA) is 41.7 Å². The van der Waals surface area contributed by atoms with Gasteiger partial charge in [-0.15, -0.1) is 0 Å². The second-order valence-electron chi connectivity index (χ2n) is 6.54. The van der Waals surface area contributed by atoms with Crippen LogP contribution in [-0.2, 0) is 5.41 Å². The Balaban J connectivity index is 2.18. The summed E-state index contributed by atoms with van der Waals surface area (Å²) < 4.78 is 1.86. The minimum absolute atomic E-state index is 0.0830. The molecule has 0 atom stereocenters. The molecule has 0 saturated carbocycles. The normalized spacial score (nSPS) is 11.8. The van der Waals surface area contributed by atoms with E-state index in [1.54, 1.807) is 0 Å². The number of carboxylic acids is 1. The Hall–Kier alpha value is -2.55. The van der Waals surface area contributed by atoms with E-state index in [2.05, 4.69) is 32.9 Å². The number of benzene rings is 1. The molecule has 0 aliphatic rings. The summed E-state index contributed by atoms with van der Waals surface area (Å²) in [4.78, 5) is 11.7. The zero-order valence-electron chi connectivity index (χ0n) is 13.0. The van der Waals surface area contributed by atoms with E-state index in [1.807, 2.05) is 47.1 Å². The fraction of sp³-hybridized carbons (Fsp3) is 0.211. The number of carboxylic acid groups (broad SMARTS) is 1. The summed E-state index contributed by atoms with van der Waals surface area (Å²) >= 11 is 0. The molecule has 0 amide bonds. The summed E-state index contributed by atoms with van der Waals surface area (Å²) in [7, 11) is 0. The summed E-state index contributed by atoms with van der Waals surface area (Å²) in [5.74, 6) is -0.899. The molecule has 0 radical (unpaired) electrons. The first-order chi connectivity index (χ1) is 10.4. The molecule has 1 N–H and O–H groups in total. The van der Waals surface area contributed by atoms with Crippen LogP contribution in [0.2, 0.25) is 0 Å². The number of fused-ring (bicyclic) bond motifs is 1. The first-order valence-electron chi connectivity index (χ1n) is 7.32. The van der Waals surface area contributed by atoms with Crippen LogP contribution in [0.25, 0.3) is 16.6 Å². The smallest absolute Gasteiger partial charge is 0.338 e. The first-order valence-corrected chi connectivity index (χ1v) is 7.32. The van der Waals surface area contributed by atoms with Gasteiger partial charge in [-0.05, 0) is 28.7 Å². The van der Waals surface area contributed by atoms with Crippen molar-refractivity contribution in [1.82, 2.24) is 4.40 Å². The molecule has 0 fully saturated rings. The van der Waals surface area contributed by atoms with Crippen LogP contribution in [0.5, 0.6) is 0 Å². The second kappa shape index (κ2) is 5.02. The van der Waals surface area contributed by atoms with E-state index in [-0.39, 0.29) is 5.41 Å². The summed E-state index contributed by atoms with van der Waals surface area (Å²) in [5.41, 5.74) is 4.05. The molecule has 3 rings (SSSR count). The molecule has 1 aromatic carbocycles. The molecule has 0 bridgehead atoms. The maximum atomic E-state index is 11.7. The number of carbonyl (C=O) groups is 1. The van der Waals surface area contributed by atoms with Crippen molar-refractivity contribution in [3.63, 3.8) is 0 Å². The van der Waals surface area contributed by atoms with Crippen LogP contribution >= 0.6 is 0 Å². The number of aromatic carboxylic acids is 1. The van der Waals surface area contributed by atoms with Crippen molar-refractivity contribution >= 4 is 11.5 Å². The van der Waals surface area contributed by atoms with E-state index >= 15 is 0 Å². The highest BCUT2D eigenvalue weighted by Gasteiger charge is 2.19. The van der Waals surface area contributed by atoms with Crippen molar-refractivity contribution in [2.24, 2.45) is 0 Å². The average molecular weight is 293 g/mol. The molecule has 0 saturated heterocycles. The standard InChI is InChI=1S/C19H19NO2/c1-19(2,3)14-9-7-13(8-10-14)15-12-20-11-5-4-6-16(20)17(15)18(21)22/h4-12H,1-3H3,(H,21,22). The van der Waals surface area contributed by atoms with Crippen LogP contribution in [0.1, 0.15) is 36.7 Å². The lowest BCUT2D eigenvalue weighted by Crippen LogP contribution is -2.10. The first kappa shape index (κ1) is 14.4. The van der Waals surface area contributed by atoms with E-state index in [0.717, 1.165) is 11.1 Å². The molecular formula is C19H19NO2. The number of rotatable bonds is 2. The minimum Gasteiger partial charge on any atom is -0.478 e. The molecular weight excluding hydrogens is 274 g/mol. The Kier molecular flexibility index (Phi) is 3.28. The predicted molar refractivity (Wildman–Crippen MR) is 88.5 cm³/mol. The lowest BCUT2D eigenvalue weighted by molar-refractivity contribution is 0.0700. The van der Waals surface area contributed by atoms with Gasteiger partial charge in [0.2, 0.25) is 0 Å². The van der Waals surface area contributed by atoms with Gasteiger partial charge in [-0.2, -0.15) is 0 Å². The van der Waals surface area contributed by atoms with Crippen LogP contribution in [-0.4, -0.2) is 15.5 Å². The molecule has 3 aromatic rings. The average Bonchev–Trinajstić information content (AvgIpc) is 2.86. The third-order valence-corrected chi connectivity index (χ3v) is 3.96. The highest BCUT2D eigenvalue weighted by molar-refractivity contribution is 6.03. The molecule has 22 heavy (non-hydrogen) atoms. The van der Waals surface area contributed by atoms with E-state index in [4.69, 9.17) is 0 Å². The van der Waals surface area contributed by atoms with E-state index in [9.17, 15) is 9.90 Å². The fourth-order valence-corrected chi connectivity index (χ4v) is 2.72. The molecule has 2 aromatic heterocycles. The highest BCUT2D eigenvalue weighted by atomic mass is 16.4. The molecule has 0 spiro atoms. The van der Waals surface area contributed by atoms with Crippen molar-refractivity contribution in [3.8, 4) is 11.1 Å². The molecule has 0 aliphatic heterocycles. The molecule has 0 unspecified atom stereocenters. The Morgan fingerprint density at radius 1 is 1.05 bits per heavy atom. The Morgan fingerprint density at radius 3 is 2.32 bits per heavy atom. The van der Waals surface area contributed by atoms with Crippen molar-refractivity contribution in [3.05, 3.63) is 66.0 Å². The predicted octanol–water partition coefficient (Wildman–Crippen LogP) is 4.60. The maximum absolute atomic E-state index is 11.7. The Morgan fingerprint density at radius 2 is 1.73 bits per heavy atom. The largest absolute Gasteiger partial charge is 0.478 e. The van der Waals surface area contributed by atoms with Gasteiger partial charge in [0, 0.05) is 18.0 Å². The number of aromatic nitrogens is 1. The lowest BCUT2D eigenvalue weighted by Gasteiger charge is -2.19. The Labute approximate surface area is 129 Å². The summed E-state index contributed by atoms with van der Waals surface area (Å²) in [6, 6.07) is 13.7. The van der Waals surface area contributed by atoms with Crippen LogP contribution in [0.4, 0.5) is 0 Å². The lowest BCUT2D eigenvalue weighted by atomic mass is 9.86. The third-order valence-electron chi connectivity index (χ3n) is 3.96. The maximum Gasteiger partial charge on any atom is 0.338 e. The van der Waals surface area contributed by atoms with Gasteiger partial charge in [-0.1, -0.05) is 51.1 Å². The summed E-state index contributed by atoms with van der Waals surface area (Å²) in [6.07, 6.45) is 3.75. The van der Waals surface area contributed by atoms with E-state index < -0.39 is 5.97 Å². The van der Waals surface area contributed by atoms with Crippen LogP contribution in [0.15, 0.2) is 54.9 Å². The van der Waals surface area contributed by atoms with Gasteiger partial charge >= 0.3 is 5.97 Å². The number of hydrogen-bond acceptors (Lipinski definition) is 1.